The Labute approximate surface area is 155 Å². The molecule has 1 aliphatic heterocycles. The molecule has 3 aliphatic rings. The van der Waals surface area contributed by atoms with E-state index in [1.165, 1.54) is 12.8 Å². The zero-order chi connectivity index (χ0) is 18.3. The number of fused-ring (bicyclic) bond motifs is 1. The highest BCUT2D eigenvalue weighted by Crippen LogP contribution is 2.33. The predicted molar refractivity (Wildman–Crippen MR) is 103 cm³/mol. The number of aryl methyl sites for hydroxylation is 1. The fraction of sp³-hybridized carbons (Fsp3) is 0.619. The van der Waals surface area contributed by atoms with Gasteiger partial charge in [-0.15, -0.1) is 0 Å². The molecule has 0 bridgehead atoms. The molecule has 140 valence electrons. The summed E-state index contributed by atoms with van der Waals surface area (Å²) in [6.45, 7) is 2.32. The van der Waals surface area contributed by atoms with Crippen LogP contribution in [0, 0.1) is 5.92 Å². The zero-order valence-corrected chi connectivity index (χ0v) is 15.9. The number of amides is 1. The van der Waals surface area contributed by atoms with Crippen LogP contribution >= 0.6 is 0 Å². The summed E-state index contributed by atoms with van der Waals surface area (Å²) in [5, 5.41) is 0. The average Bonchev–Trinajstić information content (AvgIpc) is 3.34. The molecule has 1 saturated heterocycles. The van der Waals surface area contributed by atoms with Crippen molar-refractivity contribution >= 4 is 12.0 Å². The first-order valence-corrected chi connectivity index (χ1v) is 9.93. The fourth-order valence-corrected chi connectivity index (χ4v) is 4.24. The van der Waals surface area contributed by atoms with E-state index in [-0.39, 0.29) is 11.5 Å². The molecule has 1 aromatic rings. The number of piperidine rings is 1. The van der Waals surface area contributed by atoms with Gasteiger partial charge in [-0.3, -0.25) is 9.59 Å². The first-order valence-electron chi connectivity index (χ1n) is 9.93. The van der Waals surface area contributed by atoms with Crippen LogP contribution in [0.5, 0.6) is 0 Å². The van der Waals surface area contributed by atoms with E-state index < -0.39 is 0 Å². The third kappa shape index (κ3) is 3.37. The molecular weight excluding hydrogens is 326 g/mol. The molecule has 2 heterocycles. The highest BCUT2D eigenvalue weighted by molar-refractivity contribution is 5.98. The Morgan fingerprint density at radius 2 is 1.92 bits per heavy atom. The summed E-state index contributed by atoms with van der Waals surface area (Å²) >= 11 is 0. The monoisotopic (exact) mass is 355 g/mol. The normalized spacial score (nSPS) is 20.0. The molecular formula is C21H29N3O2. The molecule has 0 atom stereocenters. The van der Waals surface area contributed by atoms with Crippen LogP contribution in [0.2, 0.25) is 0 Å². The molecule has 5 nitrogen and oxygen atoms in total. The van der Waals surface area contributed by atoms with E-state index in [9.17, 15) is 9.59 Å². The molecule has 0 radical (unpaired) electrons. The molecule has 0 N–H and O–H groups in total. The van der Waals surface area contributed by atoms with Crippen LogP contribution in [0.25, 0.3) is 6.08 Å². The number of hydrogen-bond donors (Lipinski definition) is 0. The van der Waals surface area contributed by atoms with Gasteiger partial charge in [0.25, 0.3) is 11.5 Å². The molecule has 0 unspecified atom stereocenters. The van der Waals surface area contributed by atoms with E-state index >= 15 is 0 Å². The van der Waals surface area contributed by atoms with Crippen LogP contribution in [0.15, 0.2) is 17.1 Å². The van der Waals surface area contributed by atoms with Crippen LogP contribution in [-0.2, 0) is 13.0 Å². The Kier molecular flexibility index (Phi) is 4.74. The second-order valence-electron chi connectivity index (χ2n) is 8.26. The average molecular weight is 355 g/mol. The van der Waals surface area contributed by atoms with Gasteiger partial charge in [-0.05, 0) is 51.3 Å². The van der Waals surface area contributed by atoms with Crippen molar-refractivity contribution < 1.29 is 4.79 Å². The van der Waals surface area contributed by atoms with Crippen LogP contribution < -0.4 is 5.56 Å². The first-order chi connectivity index (χ1) is 12.5. The first kappa shape index (κ1) is 17.5. The van der Waals surface area contributed by atoms with Gasteiger partial charge >= 0.3 is 0 Å². The van der Waals surface area contributed by atoms with Gasteiger partial charge in [-0.1, -0.05) is 25.0 Å². The van der Waals surface area contributed by atoms with Gasteiger partial charge in [0.05, 0.1) is 5.56 Å². The van der Waals surface area contributed by atoms with Gasteiger partial charge in [0.2, 0.25) is 0 Å². The summed E-state index contributed by atoms with van der Waals surface area (Å²) < 4.78 is 1.80. The van der Waals surface area contributed by atoms with Gasteiger partial charge in [0.1, 0.15) is 0 Å². The molecule has 5 heteroatoms. The maximum absolute atomic E-state index is 13.2. The molecule has 4 rings (SSSR count). The van der Waals surface area contributed by atoms with Gasteiger partial charge in [0.15, 0.2) is 0 Å². The quantitative estimate of drug-likeness (QED) is 0.815. The fourth-order valence-electron chi connectivity index (χ4n) is 4.24. The third-order valence-electron chi connectivity index (χ3n) is 6.21. The van der Waals surface area contributed by atoms with E-state index in [4.69, 9.17) is 0 Å². The molecule has 26 heavy (non-hydrogen) atoms. The van der Waals surface area contributed by atoms with Gasteiger partial charge in [-0.2, -0.15) is 0 Å². The summed E-state index contributed by atoms with van der Waals surface area (Å²) in [4.78, 5) is 30.2. The van der Waals surface area contributed by atoms with Crippen molar-refractivity contribution in [1.82, 2.24) is 14.4 Å². The summed E-state index contributed by atoms with van der Waals surface area (Å²) in [5.74, 6) is 0.864. The minimum Gasteiger partial charge on any atom is -0.338 e. The van der Waals surface area contributed by atoms with E-state index in [2.05, 4.69) is 19.0 Å². The van der Waals surface area contributed by atoms with Crippen molar-refractivity contribution in [1.29, 1.82) is 0 Å². The SMILES string of the molecule is CN(C)C1CCN(C(=O)c2cn(CCC3CC3)c(=O)c3c2C=CC3)CC1. The van der Waals surface area contributed by atoms with Crippen molar-refractivity contribution in [2.75, 3.05) is 27.2 Å². The Morgan fingerprint density at radius 3 is 2.58 bits per heavy atom. The van der Waals surface area contributed by atoms with Crippen LogP contribution in [-0.4, -0.2) is 53.5 Å². The lowest BCUT2D eigenvalue weighted by Gasteiger charge is -2.35. The van der Waals surface area contributed by atoms with Gasteiger partial charge in [0, 0.05) is 37.4 Å². The second kappa shape index (κ2) is 7.03. The number of likely N-dealkylation sites (tertiary alicyclic amines) is 1. The lowest BCUT2D eigenvalue weighted by Crippen LogP contribution is -2.45. The number of hydrogen-bond acceptors (Lipinski definition) is 3. The molecule has 0 aromatic carbocycles. The Bertz CT molecular complexity index is 781. The van der Waals surface area contributed by atoms with Gasteiger partial charge < -0.3 is 14.4 Å². The third-order valence-corrected chi connectivity index (χ3v) is 6.21. The lowest BCUT2D eigenvalue weighted by molar-refractivity contribution is 0.0662. The van der Waals surface area contributed by atoms with Crippen molar-refractivity contribution in [3.05, 3.63) is 39.3 Å². The van der Waals surface area contributed by atoms with Crippen molar-refractivity contribution in [3.8, 4) is 0 Å². The number of rotatable bonds is 5. The predicted octanol–water partition coefficient (Wildman–Crippen LogP) is 2.38. The standard InChI is InChI=1S/C21H29N3O2/c1-22(2)16-9-12-23(13-10-16)21(26)19-14-24(11-8-15-6-7-15)20(25)18-5-3-4-17(18)19/h3-4,14-16H,5-13H2,1-2H3. The highest BCUT2D eigenvalue weighted by atomic mass is 16.2. The molecule has 1 amide bonds. The number of nitrogens with zero attached hydrogens (tertiary/aromatic N) is 3. The number of aromatic nitrogens is 1. The van der Waals surface area contributed by atoms with E-state index in [1.807, 2.05) is 23.2 Å². The topological polar surface area (TPSA) is 45.5 Å². The number of pyridine rings is 1. The minimum absolute atomic E-state index is 0.0881. The summed E-state index contributed by atoms with van der Waals surface area (Å²) in [7, 11) is 4.21. The highest BCUT2D eigenvalue weighted by Gasteiger charge is 2.29. The van der Waals surface area contributed by atoms with Crippen molar-refractivity contribution in [2.24, 2.45) is 5.92 Å². The Hall–Kier alpha value is -1.88. The molecule has 1 saturated carbocycles. The van der Waals surface area contributed by atoms with Crippen molar-refractivity contribution in [2.45, 2.75) is 51.1 Å². The maximum Gasteiger partial charge on any atom is 0.255 e. The van der Waals surface area contributed by atoms with Crippen LogP contribution in [0.1, 0.15) is 53.6 Å². The lowest BCUT2D eigenvalue weighted by atomic mass is 10.0. The zero-order valence-electron chi connectivity index (χ0n) is 15.9. The number of carbonyl (C=O) groups is 1. The van der Waals surface area contributed by atoms with E-state index in [1.54, 1.807) is 4.57 Å². The van der Waals surface area contributed by atoms with Gasteiger partial charge in [-0.25, -0.2) is 0 Å². The molecule has 1 aromatic heterocycles. The van der Waals surface area contributed by atoms with Crippen molar-refractivity contribution in [3.63, 3.8) is 0 Å². The minimum atomic E-state index is 0.0881. The maximum atomic E-state index is 13.2. The van der Waals surface area contributed by atoms with E-state index in [0.717, 1.165) is 55.9 Å². The Balaban J connectivity index is 1.57. The molecule has 2 aliphatic carbocycles. The summed E-state index contributed by atoms with van der Waals surface area (Å²) in [6, 6.07) is 0.553. The molecule has 2 fully saturated rings. The molecule has 0 spiro atoms. The largest absolute Gasteiger partial charge is 0.338 e. The van der Waals surface area contributed by atoms with E-state index in [0.29, 0.717) is 18.0 Å². The number of carbonyl (C=O) groups excluding carboxylic acids is 1. The second-order valence-corrected chi connectivity index (χ2v) is 8.26. The van der Waals surface area contributed by atoms with Crippen LogP contribution in [0.3, 0.4) is 0 Å². The summed E-state index contributed by atoms with van der Waals surface area (Å²) in [5.41, 5.74) is 2.47. The number of allylic oxidation sites excluding steroid dienone is 1. The smallest absolute Gasteiger partial charge is 0.255 e. The Morgan fingerprint density at radius 1 is 1.19 bits per heavy atom. The summed E-state index contributed by atoms with van der Waals surface area (Å²) in [6.07, 6.45) is 12.1. The van der Waals surface area contributed by atoms with Crippen LogP contribution in [0.4, 0.5) is 0 Å².